The van der Waals surface area contributed by atoms with Gasteiger partial charge in [-0.05, 0) is 23.2 Å². The number of hydrogen-bond acceptors (Lipinski definition) is 1. The molecule has 0 N–H and O–H groups in total. The smallest absolute Gasteiger partial charge is 0.200 e. The van der Waals surface area contributed by atoms with E-state index in [2.05, 4.69) is 10.0 Å². The standard InChI is InChI=1S/C12H7ClF9N3/c13-7-3-1-6(2-4-7)8(24-25-23)5-9(14,15)10(16,17)11(18,19)12(20,21)22/h1-4,8H,5H2. The lowest BCUT2D eigenvalue weighted by Gasteiger charge is -2.34. The molecule has 0 radical (unpaired) electrons. The Kier molecular flexibility index (Phi) is 5.80. The van der Waals surface area contributed by atoms with Gasteiger partial charge in [-0.15, -0.1) is 0 Å². The van der Waals surface area contributed by atoms with Gasteiger partial charge in [0.25, 0.3) is 0 Å². The summed E-state index contributed by atoms with van der Waals surface area (Å²) in [5.41, 5.74) is 7.99. The summed E-state index contributed by atoms with van der Waals surface area (Å²) in [4.78, 5) is 2.12. The van der Waals surface area contributed by atoms with Gasteiger partial charge in [-0.25, -0.2) is 0 Å². The highest BCUT2D eigenvalue weighted by Gasteiger charge is 2.81. The summed E-state index contributed by atoms with van der Waals surface area (Å²) in [7, 11) is 0. The Morgan fingerprint density at radius 2 is 1.40 bits per heavy atom. The molecule has 1 atom stereocenters. The van der Waals surface area contributed by atoms with Gasteiger partial charge >= 0.3 is 23.9 Å². The summed E-state index contributed by atoms with van der Waals surface area (Å²) in [6.07, 6.45) is -9.19. The van der Waals surface area contributed by atoms with Crippen LogP contribution in [-0.4, -0.2) is 23.9 Å². The highest BCUT2D eigenvalue weighted by molar-refractivity contribution is 6.30. The molecule has 0 saturated heterocycles. The zero-order valence-electron chi connectivity index (χ0n) is 11.7. The van der Waals surface area contributed by atoms with Gasteiger partial charge < -0.3 is 0 Å². The van der Waals surface area contributed by atoms with E-state index in [4.69, 9.17) is 17.1 Å². The zero-order valence-corrected chi connectivity index (χ0v) is 12.5. The second-order valence-electron chi connectivity index (χ2n) is 4.83. The number of azide groups is 1. The molecule has 0 aliphatic carbocycles. The van der Waals surface area contributed by atoms with E-state index in [0.29, 0.717) is 0 Å². The first-order chi connectivity index (χ1) is 11.2. The summed E-state index contributed by atoms with van der Waals surface area (Å²) in [6, 6.07) is 2.00. The third-order valence-electron chi connectivity index (χ3n) is 3.11. The van der Waals surface area contributed by atoms with E-state index < -0.39 is 36.4 Å². The first-order valence-corrected chi connectivity index (χ1v) is 6.55. The van der Waals surface area contributed by atoms with Crippen molar-refractivity contribution in [1.29, 1.82) is 0 Å². The molecule has 0 saturated carbocycles. The van der Waals surface area contributed by atoms with E-state index in [9.17, 15) is 39.5 Å². The molecule has 1 rings (SSSR count). The van der Waals surface area contributed by atoms with Crippen LogP contribution < -0.4 is 0 Å². The summed E-state index contributed by atoms with van der Waals surface area (Å²) in [5, 5.41) is 2.85. The summed E-state index contributed by atoms with van der Waals surface area (Å²) in [5.74, 6) is -19.6. The molecular formula is C12H7ClF9N3. The zero-order chi connectivity index (χ0) is 19.7. The van der Waals surface area contributed by atoms with Crippen LogP contribution in [0.5, 0.6) is 0 Å². The van der Waals surface area contributed by atoms with E-state index in [1.165, 1.54) is 0 Å². The van der Waals surface area contributed by atoms with Crippen molar-refractivity contribution in [2.24, 2.45) is 5.11 Å². The number of nitrogens with zero attached hydrogens (tertiary/aromatic N) is 3. The average molecular weight is 400 g/mol. The predicted molar refractivity (Wildman–Crippen MR) is 68.9 cm³/mol. The average Bonchev–Trinajstić information content (AvgIpc) is 2.45. The highest BCUT2D eigenvalue weighted by Crippen LogP contribution is 2.55. The Balaban J connectivity index is 3.26. The van der Waals surface area contributed by atoms with Crippen molar-refractivity contribution in [1.82, 2.24) is 0 Å². The molecule has 0 fully saturated rings. The van der Waals surface area contributed by atoms with E-state index in [1.807, 2.05) is 0 Å². The van der Waals surface area contributed by atoms with Gasteiger partial charge in [-0.3, -0.25) is 0 Å². The summed E-state index contributed by atoms with van der Waals surface area (Å²) in [6.45, 7) is 0. The second kappa shape index (κ2) is 6.83. The van der Waals surface area contributed by atoms with Crippen LogP contribution >= 0.6 is 11.6 Å². The van der Waals surface area contributed by atoms with Gasteiger partial charge in [-0.1, -0.05) is 28.8 Å². The minimum atomic E-state index is -7.00. The van der Waals surface area contributed by atoms with Crippen LogP contribution in [0.4, 0.5) is 39.5 Å². The number of alkyl halides is 9. The Morgan fingerprint density at radius 3 is 1.80 bits per heavy atom. The number of halogens is 10. The van der Waals surface area contributed by atoms with E-state index in [-0.39, 0.29) is 10.6 Å². The fraction of sp³-hybridized carbons (Fsp3) is 0.500. The van der Waals surface area contributed by atoms with Crippen molar-refractivity contribution < 1.29 is 39.5 Å². The van der Waals surface area contributed by atoms with Gasteiger partial charge in [0.1, 0.15) is 0 Å². The van der Waals surface area contributed by atoms with E-state index in [1.54, 1.807) is 0 Å². The predicted octanol–water partition coefficient (Wildman–Crippen LogP) is 6.55. The minimum Gasteiger partial charge on any atom is -0.200 e. The molecular weight excluding hydrogens is 393 g/mol. The van der Waals surface area contributed by atoms with Crippen molar-refractivity contribution in [3.8, 4) is 0 Å². The van der Waals surface area contributed by atoms with Gasteiger partial charge in [-0.2, -0.15) is 39.5 Å². The molecule has 0 heterocycles. The largest absolute Gasteiger partial charge is 0.460 e. The molecule has 140 valence electrons. The van der Waals surface area contributed by atoms with Crippen LogP contribution in [0.25, 0.3) is 10.4 Å². The molecule has 1 aromatic carbocycles. The van der Waals surface area contributed by atoms with Crippen LogP contribution in [0, 0.1) is 0 Å². The fourth-order valence-corrected chi connectivity index (χ4v) is 1.88. The molecule has 1 aromatic rings. The Bertz CT molecular complexity index is 651. The Morgan fingerprint density at radius 1 is 0.920 bits per heavy atom. The molecule has 0 spiro atoms. The van der Waals surface area contributed by atoms with Crippen LogP contribution in [0.3, 0.4) is 0 Å². The maximum atomic E-state index is 13.6. The van der Waals surface area contributed by atoms with Crippen molar-refractivity contribution in [2.45, 2.75) is 36.4 Å². The maximum Gasteiger partial charge on any atom is 0.460 e. The third kappa shape index (κ3) is 4.06. The molecule has 3 nitrogen and oxygen atoms in total. The van der Waals surface area contributed by atoms with Crippen LogP contribution in [-0.2, 0) is 0 Å². The second-order valence-corrected chi connectivity index (χ2v) is 5.26. The normalized spacial score (nSPS) is 14.8. The Hall–Kier alpha value is -1.81. The molecule has 0 bridgehead atoms. The van der Waals surface area contributed by atoms with E-state index in [0.717, 1.165) is 24.3 Å². The van der Waals surface area contributed by atoms with Gasteiger partial charge in [0, 0.05) is 16.4 Å². The molecule has 13 heteroatoms. The molecule has 0 aliphatic heterocycles. The third-order valence-corrected chi connectivity index (χ3v) is 3.36. The fourth-order valence-electron chi connectivity index (χ4n) is 1.75. The monoisotopic (exact) mass is 399 g/mol. The molecule has 0 aromatic heterocycles. The highest BCUT2D eigenvalue weighted by atomic mass is 35.5. The van der Waals surface area contributed by atoms with Gasteiger partial charge in [0.2, 0.25) is 0 Å². The molecule has 0 amide bonds. The van der Waals surface area contributed by atoms with Crippen molar-refractivity contribution in [2.75, 3.05) is 0 Å². The topological polar surface area (TPSA) is 48.8 Å². The SMILES string of the molecule is [N-]=[N+]=NC(CC(F)(F)C(F)(F)C(F)(F)C(F)(F)F)c1ccc(Cl)cc1. The molecule has 25 heavy (non-hydrogen) atoms. The number of rotatable bonds is 6. The number of hydrogen-bond donors (Lipinski definition) is 0. The lowest BCUT2D eigenvalue weighted by atomic mass is 9.94. The number of benzene rings is 1. The van der Waals surface area contributed by atoms with E-state index >= 15 is 0 Å². The van der Waals surface area contributed by atoms with Crippen molar-refractivity contribution in [3.05, 3.63) is 45.3 Å². The van der Waals surface area contributed by atoms with Crippen molar-refractivity contribution in [3.63, 3.8) is 0 Å². The quantitative estimate of drug-likeness (QED) is 0.225. The van der Waals surface area contributed by atoms with Gasteiger partial charge in [0.05, 0.1) is 6.04 Å². The van der Waals surface area contributed by atoms with Crippen molar-refractivity contribution >= 4 is 11.6 Å². The van der Waals surface area contributed by atoms with Crippen LogP contribution in [0.15, 0.2) is 29.4 Å². The first kappa shape index (κ1) is 21.2. The lowest BCUT2D eigenvalue weighted by molar-refractivity contribution is -0.397. The van der Waals surface area contributed by atoms with Crippen LogP contribution in [0.2, 0.25) is 5.02 Å². The minimum absolute atomic E-state index is 0.0872. The van der Waals surface area contributed by atoms with Crippen LogP contribution in [0.1, 0.15) is 18.0 Å². The lowest BCUT2D eigenvalue weighted by Crippen LogP contribution is -2.61. The van der Waals surface area contributed by atoms with Gasteiger partial charge in [0.15, 0.2) is 0 Å². The summed E-state index contributed by atoms with van der Waals surface area (Å²) >= 11 is 5.51. The maximum absolute atomic E-state index is 13.6. The molecule has 1 unspecified atom stereocenters. The Labute approximate surface area is 139 Å². The first-order valence-electron chi connectivity index (χ1n) is 6.17. The molecule has 0 aliphatic rings. The summed E-state index contributed by atoms with van der Waals surface area (Å²) < 4.78 is 116.